The van der Waals surface area contributed by atoms with Crippen LogP contribution in [0.4, 0.5) is 4.39 Å². The summed E-state index contributed by atoms with van der Waals surface area (Å²) in [5.74, 6) is -1.23. The highest BCUT2D eigenvalue weighted by Crippen LogP contribution is 2.34. The maximum atomic E-state index is 13.3. The molecule has 0 spiro atoms. The second-order valence-electron chi connectivity index (χ2n) is 6.10. The Bertz CT molecular complexity index is 1100. The summed E-state index contributed by atoms with van der Waals surface area (Å²) in [6.45, 7) is 2.03. The number of benzene rings is 2. The molecule has 0 saturated carbocycles. The van der Waals surface area contributed by atoms with Crippen molar-refractivity contribution in [2.45, 2.75) is 13.3 Å². The third kappa shape index (κ3) is 2.99. The van der Waals surface area contributed by atoms with Crippen molar-refractivity contribution >= 4 is 22.3 Å². The van der Waals surface area contributed by atoms with Gasteiger partial charge in [0.1, 0.15) is 5.82 Å². The molecule has 0 aliphatic rings. The Morgan fingerprint density at radius 3 is 2.42 bits per heavy atom. The van der Waals surface area contributed by atoms with Gasteiger partial charge < -0.3 is 5.11 Å². The van der Waals surface area contributed by atoms with Crippen molar-refractivity contribution in [3.63, 3.8) is 0 Å². The van der Waals surface area contributed by atoms with E-state index < -0.39 is 5.97 Å². The van der Waals surface area contributed by atoms with Crippen molar-refractivity contribution in [1.82, 2.24) is 9.38 Å². The highest BCUT2D eigenvalue weighted by molar-refractivity contribution is 7.17. The average molecular weight is 366 g/mol. The minimum Gasteiger partial charge on any atom is -0.481 e. The zero-order chi connectivity index (χ0) is 18.3. The molecule has 0 bridgehead atoms. The third-order valence-electron chi connectivity index (χ3n) is 4.17. The standard InChI is InChI=1S/C20H15FN2O2S/c1-12-2-4-13(5-3-12)16-11-23-19(14-6-8-15(21)9-7-14)17(10-18(24)25)26-20(23)22-16/h2-9,11H,10H2,1H3,(H,24,25). The van der Waals surface area contributed by atoms with Crippen LogP contribution >= 0.6 is 11.3 Å². The number of imidazole rings is 1. The normalized spacial score (nSPS) is 11.2. The van der Waals surface area contributed by atoms with E-state index >= 15 is 0 Å². The molecular weight excluding hydrogens is 351 g/mol. The highest BCUT2D eigenvalue weighted by atomic mass is 32.1. The fourth-order valence-corrected chi connectivity index (χ4v) is 4.03. The molecule has 26 heavy (non-hydrogen) atoms. The molecule has 0 aliphatic heterocycles. The minimum atomic E-state index is -0.906. The van der Waals surface area contributed by atoms with Crippen molar-refractivity contribution in [3.8, 4) is 22.5 Å². The zero-order valence-corrected chi connectivity index (χ0v) is 14.8. The first-order valence-electron chi connectivity index (χ1n) is 8.07. The number of aliphatic carboxylic acids is 1. The number of carboxylic acid groups (broad SMARTS) is 1. The second kappa shape index (κ2) is 6.38. The quantitative estimate of drug-likeness (QED) is 0.564. The van der Waals surface area contributed by atoms with E-state index in [1.54, 1.807) is 12.1 Å². The molecular formula is C20H15FN2O2S. The van der Waals surface area contributed by atoms with E-state index in [1.807, 2.05) is 41.8 Å². The molecule has 0 unspecified atom stereocenters. The average Bonchev–Trinajstić information content (AvgIpc) is 3.13. The van der Waals surface area contributed by atoms with Gasteiger partial charge in [-0.05, 0) is 36.8 Å². The first kappa shape index (κ1) is 16.5. The maximum Gasteiger partial charge on any atom is 0.308 e. The molecule has 1 N–H and O–H groups in total. The first-order valence-corrected chi connectivity index (χ1v) is 8.88. The summed E-state index contributed by atoms with van der Waals surface area (Å²) in [5, 5.41) is 9.22. The molecule has 0 fully saturated rings. The van der Waals surface area contributed by atoms with Crippen LogP contribution in [0.5, 0.6) is 0 Å². The van der Waals surface area contributed by atoms with Crippen LogP contribution in [-0.2, 0) is 11.2 Å². The van der Waals surface area contributed by atoms with E-state index in [1.165, 1.54) is 29.0 Å². The maximum absolute atomic E-state index is 13.3. The van der Waals surface area contributed by atoms with E-state index in [9.17, 15) is 14.3 Å². The lowest BCUT2D eigenvalue weighted by Crippen LogP contribution is -2.00. The zero-order valence-electron chi connectivity index (χ0n) is 13.9. The first-order chi connectivity index (χ1) is 12.5. The van der Waals surface area contributed by atoms with Crippen LogP contribution in [0, 0.1) is 12.7 Å². The summed E-state index contributed by atoms with van der Waals surface area (Å²) in [7, 11) is 0. The van der Waals surface area contributed by atoms with Gasteiger partial charge in [0.15, 0.2) is 4.96 Å². The molecule has 130 valence electrons. The topological polar surface area (TPSA) is 54.6 Å². The van der Waals surface area contributed by atoms with Gasteiger partial charge in [-0.15, -0.1) is 11.3 Å². The van der Waals surface area contributed by atoms with E-state index in [4.69, 9.17) is 0 Å². The predicted octanol–water partition coefficient (Wildman–Crippen LogP) is 4.80. The van der Waals surface area contributed by atoms with Gasteiger partial charge in [0.25, 0.3) is 0 Å². The molecule has 2 aromatic carbocycles. The number of thiazole rings is 1. The summed E-state index contributed by atoms with van der Waals surface area (Å²) < 4.78 is 15.2. The van der Waals surface area contributed by atoms with Gasteiger partial charge in [-0.25, -0.2) is 9.37 Å². The number of halogens is 1. The van der Waals surface area contributed by atoms with E-state index in [-0.39, 0.29) is 12.2 Å². The summed E-state index contributed by atoms with van der Waals surface area (Å²) in [5.41, 5.74) is 4.50. The molecule has 4 rings (SSSR count). The molecule has 0 aliphatic carbocycles. The Balaban J connectivity index is 1.89. The van der Waals surface area contributed by atoms with Crippen LogP contribution in [0.1, 0.15) is 10.4 Å². The van der Waals surface area contributed by atoms with Crippen molar-refractivity contribution in [1.29, 1.82) is 0 Å². The lowest BCUT2D eigenvalue weighted by atomic mass is 10.1. The monoisotopic (exact) mass is 366 g/mol. The van der Waals surface area contributed by atoms with E-state index in [0.29, 0.717) is 4.88 Å². The molecule has 0 saturated heterocycles. The molecule has 0 atom stereocenters. The highest BCUT2D eigenvalue weighted by Gasteiger charge is 2.19. The van der Waals surface area contributed by atoms with Crippen molar-refractivity contribution in [3.05, 3.63) is 71.0 Å². The van der Waals surface area contributed by atoms with Gasteiger partial charge in [-0.1, -0.05) is 29.8 Å². The van der Waals surface area contributed by atoms with Crippen molar-refractivity contribution < 1.29 is 14.3 Å². The molecule has 6 heteroatoms. The van der Waals surface area contributed by atoms with Crippen molar-refractivity contribution in [2.75, 3.05) is 0 Å². The Hall–Kier alpha value is -2.99. The fraction of sp³-hybridized carbons (Fsp3) is 0.100. The molecule has 0 amide bonds. The largest absolute Gasteiger partial charge is 0.481 e. The molecule has 4 aromatic rings. The van der Waals surface area contributed by atoms with Gasteiger partial charge in [0.2, 0.25) is 0 Å². The Kier molecular flexibility index (Phi) is 4.05. The molecule has 2 aromatic heterocycles. The number of hydrogen-bond acceptors (Lipinski definition) is 3. The van der Waals surface area contributed by atoms with Crippen LogP contribution < -0.4 is 0 Å². The number of carboxylic acids is 1. The lowest BCUT2D eigenvalue weighted by Gasteiger charge is -2.04. The predicted molar refractivity (Wildman–Crippen MR) is 100.0 cm³/mol. The van der Waals surface area contributed by atoms with E-state index in [0.717, 1.165) is 27.5 Å². The van der Waals surface area contributed by atoms with Crippen LogP contribution in [0.2, 0.25) is 0 Å². The summed E-state index contributed by atoms with van der Waals surface area (Å²) in [6, 6.07) is 14.2. The number of rotatable bonds is 4. The smallest absolute Gasteiger partial charge is 0.308 e. The van der Waals surface area contributed by atoms with Crippen molar-refractivity contribution in [2.24, 2.45) is 0 Å². The number of aryl methyl sites for hydroxylation is 1. The second-order valence-corrected chi connectivity index (χ2v) is 7.16. The fourth-order valence-electron chi connectivity index (χ4n) is 2.92. The Labute approximate surface area is 153 Å². The number of aromatic nitrogens is 2. The minimum absolute atomic E-state index is 0.0966. The Morgan fingerprint density at radius 2 is 1.77 bits per heavy atom. The Morgan fingerprint density at radius 1 is 1.12 bits per heavy atom. The van der Waals surface area contributed by atoms with Crippen LogP contribution in [0.3, 0.4) is 0 Å². The van der Waals surface area contributed by atoms with Crippen LogP contribution in [0.25, 0.3) is 27.5 Å². The van der Waals surface area contributed by atoms with Gasteiger partial charge in [-0.2, -0.15) is 0 Å². The number of carbonyl (C=O) groups is 1. The number of fused-ring (bicyclic) bond motifs is 1. The van der Waals surface area contributed by atoms with Crippen LogP contribution in [-0.4, -0.2) is 20.5 Å². The van der Waals surface area contributed by atoms with Gasteiger partial charge >= 0.3 is 5.97 Å². The molecule has 4 nitrogen and oxygen atoms in total. The summed E-state index contributed by atoms with van der Waals surface area (Å²) in [6.07, 6.45) is 1.81. The number of nitrogens with zero attached hydrogens (tertiary/aromatic N) is 2. The van der Waals surface area contributed by atoms with Gasteiger partial charge in [0.05, 0.1) is 17.8 Å². The van der Waals surface area contributed by atoms with Gasteiger partial charge in [0, 0.05) is 16.6 Å². The SMILES string of the molecule is Cc1ccc(-c2cn3c(-c4ccc(F)cc4)c(CC(=O)O)sc3n2)cc1. The lowest BCUT2D eigenvalue weighted by molar-refractivity contribution is -0.136. The van der Waals surface area contributed by atoms with Gasteiger partial charge in [-0.3, -0.25) is 9.20 Å². The van der Waals surface area contributed by atoms with E-state index in [2.05, 4.69) is 4.98 Å². The number of hydrogen-bond donors (Lipinski definition) is 1. The molecule has 2 heterocycles. The van der Waals surface area contributed by atoms with Crippen LogP contribution in [0.15, 0.2) is 54.7 Å². The summed E-state index contributed by atoms with van der Waals surface area (Å²) >= 11 is 1.35. The third-order valence-corrected chi connectivity index (χ3v) is 5.22. The summed E-state index contributed by atoms with van der Waals surface area (Å²) in [4.78, 5) is 17.3. The molecule has 0 radical (unpaired) electrons.